The maximum Gasteiger partial charge on any atom is 0.0988 e. The molecule has 1 aromatic heterocycles. The number of ether oxygens (including phenoxy) is 1. The van der Waals surface area contributed by atoms with Crippen molar-refractivity contribution in [3.63, 3.8) is 0 Å². The highest BCUT2D eigenvalue weighted by Gasteiger charge is 2.33. The first-order chi connectivity index (χ1) is 8.55. The predicted molar refractivity (Wildman–Crippen MR) is 70.4 cm³/mol. The molecular weight excluding hydrogens is 230 g/mol. The van der Waals surface area contributed by atoms with Crippen LogP contribution in [-0.4, -0.2) is 41.5 Å². The van der Waals surface area contributed by atoms with Gasteiger partial charge in [0.05, 0.1) is 29.7 Å². The van der Waals surface area contributed by atoms with E-state index in [0.717, 1.165) is 17.9 Å². The summed E-state index contributed by atoms with van der Waals surface area (Å²) in [6, 6.07) is 3.93. The Balaban J connectivity index is 2.26. The molecule has 0 aromatic carbocycles. The van der Waals surface area contributed by atoms with Crippen molar-refractivity contribution in [2.45, 2.75) is 32.1 Å². The molecule has 0 saturated carbocycles. The van der Waals surface area contributed by atoms with Crippen LogP contribution in [0.25, 0.3) is 0 Å². The highest BCUT2D eigenvalue weighted by molar-refractivity contribution is 5.51. The molecule has 2 heterocycles. The molecule has 1 saturated heterocycles. The molecule has 0 aliphatic carbocycles. The fourth-order valence-corrected chi connectivity index (χ4v) is 2.45. The predicted octanol–water partition coefficient (Wildman–Crippen LogP) is 0.516. The Morgan fingerprint density at radius 1 is 1.61 bits per heavy atom. The molecule has 1 aliphatic heterocycles. The zero-order valence-corrected chi connectivity index (χ0v) is 11.0. The second kappa shape index (κ2) is 5.22. The smallest absolute Gasteiger partial charge is 0.0988 e. The van der Waals surface area contributed by atoms with Gasteiger partial charge < -0.3 is 20.5 Å². The van der Waals surface area contributed by atoms with Crippen LogP contribution in [0, 0.1) is 0 Å². The van der Waals surface area contributed by atoms with E-state index in [1.54, 1.807) is 6.20 Å². The van der Waals surface area contributed by atoms with Crippen molar-refractivity contribution >= 4 is 5.69 Å². The number of aliphatic hydroxyl groups is 1. The Morgan fingerprint density at radius 3 is 3.06 bits per heavy atom. The Morgan fingerprint density at radius 2 is 2.39 bits per heavy atom. The first-order valence-corrected chi connectivity index (χ1v) is 6.23. The lowest BCUT2D eigenvalue weighted by molar-refractivity contribution is -0.101. The van der Waals surface area contributed by atoms with E-state index >= 15 is 0 Å². The molecule has 5 nitrogen and oxygen atoms in total. The Labute approximate surface area is 108 Å². The van der Waals surface area contributed by atoms with Gasteiger partial charge in [-0.1, -0.05) is 0 Å². The van der Waals surface area contributed by atoms with E-state index in [4.69, 9.17) is 10.5 Å². The number of pyridine rings is 1. The van der Waals surface area contributed by atoms with Gasteiger partial charge in [0.25, 0.3) is 0 Å². The maximum atomic E-state index is 9.32. The monoisotopic (exact) mass is 251 g/mol. The molecule has 18 heavy (non-hydrogen) atoms. The number of aliphatic hydroxyl groups excluding tert-OH is 1. The number of rotatable bonds is 3. The highest BCUT2D eigenvalue weighted by Crippen LogP contribution is 2.27. The van der Waals surface area contributed by atoms with Gasteiger partial charge in [-0.3, -0.25) is 4.98 Å². The number of morpholine rings is 1. The van der Waals surface area contributed by atoms with Crippen molar-refractivity contribution in [2.24, 2.45) is 5.73 Å². The first-order valence-electron chi connectivity index (χ1n) is 6.23. The van der Waals surface area contributed by atoms with E-state index in [1.165, 1.54) is 0 Å². The zero-order valence-electron chi connectivity index (χ0n) is 11.0. The third-order valence-corrected chi connectivity index (χ3v) is 3.09. The van der Waals surface area contributed by atoms with Crippen molar-refractivity contribution in [3.8, 4) is 0 Å². The summed E-state index contributed by atoms with van der Waals surface area (Å²) in [6.07, 6.45) is 1.58. The number of hydrogen-bond donors (Lipinski definition) is 2. The molecule has 0 amide bonds. The van der Waals surface area contributed by atoms with Crippen molar-refractivity contribution < 1.29 is 9.84 Å². The normalized spacial score (nSPS) is 23.1. The summed E-state index contributed by atoms with van der Waals surface area (Å²) >= 11 is 0. The van der Waals surface area contributed by atoms with Crippen LogP contribution >= 0.6 is 0 Å². The first kappa shape index (κ1) is 13.3. The van der Waals surface area contributed by atoms with Gasteiger partial charge in [0.2, 0.25) is 0 Å². The average molecular weight is 251 g/mol. The Bertz CT molecular complexity index is 409. The van der Waals surface area contributed by atoms with Crippen LogP contribution in [0.4, 0.5) is 5.69 Å². The molecule has 1 aromatic rings. The molecule has 2 rings (SSSR count). The molecule has 5 heteroatoms. The average Bonchev–Trinajstić information content (AvgIpc) is 2.36. The Kier molecular flexibility index (Phi) is 3.85. The summed E-state index contributed by atoms with van der Waals surface area (Å²) in [6.45, 7) is 5.93. The summed E-state index contributed by atoms with van der Waals surface area (Å²) in [7, 11) is 0. The molecule has 3 N–H and O–H groups in total. The second-order valence-corrected chi connectivity index (χ2v) is 5.24. The molecule has 0 spiro atoms. The minimum absolute atomic E-state index is 0.0259. The van der Waals surface area contributed by atoms with Gasteiger partial charge in [0.1, 0.15) is 0 Å². The number of nitrogens with two attached hydrogens (primary N) is 1. The largest absolute Gasteiger partial charge is 0.394 e. The molecule has 1 atom stereocenters. The standard InChI is InChI=1S/C13H21N3O2/c1-13(2)9-16(7-10(8-17)18-13)12-4-3-5-15-11(12)6-14/h3-5,10,17H,6-9,14H2,1-2H3. The number of hydrogen-bond acceptors (Lipinski definition) is 5. The lowest BCUT2D eigenvalue weighted by Crippen LogP contribution is -2.54. The van der Waals surface area contributed by atoms with Crippen molar-refractivity contribution in [1.29, 1.82) is 0 Å². The van der Waals surface area contributed by atoms with E-state index < -0.39 is 0 Å². The van der Waals surface area contributed by atoms with Gasteiger partial charge in [-0.2, -0.15) is 0 Å². The quantitative estimate of drug-likeness (QED) is 0.819. The van der Waals surface area contributed by atoms with Gasteiger partial charge in [0.15, 0.2) is 0 Å². The third-order valence-electron chi connectivity index (χ3n) is 3.09. The SMILES string of the molecule is CC1(C)CN(c2cccnc2CN)CC(CO)O1. The number of nitrogens with zero attached hydrogens (tertiary/aromatic N) is 2. The fourth-order valence-electron chi connectivity index (χ4n) is 2.45. The molecule has 100 valence electrons. The summed E-state index contributed by atoms with van der Waals surface area (Å²) < 4.78 is 5.80. The molecule has 0 radical (unpaired) electrons. The van der Waals surface area contributed by atoms with Crippen LogP contribution in [0.3, 0.4) is 0 Å². The van der Waals surface area contributed by atoms with Crippen LogP contribution < -0.4 is 10.6 Å². The Hall–Kier alpha value is -1.17. The van der Waals surface area contributed by atoms with Crippen LogP contribution in [0.15, 0.2) is 18.3 Å². The maximum absolute atomic E-state index is 9.32. The van der Waals surface area contributed by atoms with E-state index in [2.05, 4.69) is 9.88 Å². The number of anilines is 1. The van der Waals surface area contributed by atoms with Gasteiger partial charge in [-0.05, 0) is 26.0 Å². The second-order valence-electron chi connectivity index (χ2n) is 5.24. The molecular formula is C13H21N3O2. The molecule has 1 unspecified atom stereocenters. The van der Waals surface area contributed by atoms with Crippen molar-refractivity contribution in [3.05, 3.63) is 24.0 Å². The molecule has 0 bridgehead atoms. The van der Waals surface area contributed by atoms with E-state index in [-0.39, 0.29) is 18.3 Å². The van der Waals surface area contributed by atoms with Crippen molar-refractivity contribution in [1.82, 2.24) is 4.98 Å². The summed E-state index contributed by atoms with van der Waals surface area (Å²) in [5.74, 6) is 0. The summed E-state index contributed by atoms with van der Waals surface area (Å²) in [5.41, 5.74) is 7.36. The van der Waals surface area contributed by atoms with E-state index in [9.17, 15) is 5.11 Å². The lowest BCUT2D eigenvalue weighted by Gasteiger charge is -2.43. The number of aromatic nitrogens is 1. The summed E-state index contributed by atoms with van der Waals surface area (Å²) in [5, 5.41) is 9.32. The highest BCUT2D eigenvalue weighted by atomic mass is 16.5. The van der Waals surface area contributed by atoms with Crippen LogP contribution in [0.1, 0.15) is 19.5 Å². The van der Waals surface area contributed by atoms with Gasteiger partial charge in [-0.15, -0.1) is 0 Å². The van der Waals surface area contributed by atoms with E-state index in [0.29, 0.717) is 13.1 Å². The van der Waals surface area contributed by atoms with Gasteiger partial charge in [0, 0.05) is 25.8 Å². The topological polar surface area (TPSA) is 71.6 Å². The summed E-state index contributed by atoms with van der Waals surface area (Å²) in [4.78, 5) is 6.50. The van der Waals surface area contributed by atoms with Crippen LogP contribution in [0.5, 0.6) is 0 Å². The molecule has 1 aliphatic rings. The molecule has 1 fully saturated rings. The fraction of sp³-hybridized carbons (Fsp3) is 0.615. The minimum Gasteiger partial charge on any atom is -0.394 e. The van der Waals surface area contributed by atoms with Crippen molar-refractivity contribution in [2.75, 3.05) is 24.6 Å². The third kappa shape index (κ3) is 2.80. The van der Waals surface area contributed by atoms with Gasteiger partial charge >= 0.3 is 0 Å². The van der Waals surface area contributed by atoms with Crippen LogP contribution in [-0.2, 0) is 11.3 Å². The van der Waals surface area contributed by atoms with Crippen LogP contribution in [0.2, 0.25) is 0 Å². The zero-order chi connectivity index (χ0) is 13.2. The minimum atomic E-state index is -0.284. The van der Waals surface area contributed by atoms with Gasteiger partial charge in [-0.25, -0.2) is 0 Å². The lowest BCUT2D eigenvalue weighted by atomic mass is 10.0. The van der Waals surface area contributed by atoms with E-state index in [1.807, 2.05) is 26.0 Å².